The average Bonchev–Trinajstić information content (AvgIpc) is 3.27. The van der Waals surface area contributed by atoms with Crippen LogP contribution in [-0.4, -0.2) is 31.0 Å². The molecule has 2 rings (SSSR count). The van der Waals surface area contributed by atoms with Gasteiger partial charge in [-0.25, -0.2) is 0 Å². The molecule has 0 heterocycles. The second-order valence-corrected chi connectivity index (χ2v) is 4.52. The molecule has 0 unspecified atom stereocenters. The number of nitrogens with zero attached hydrogens (tertiary/aromatic N) is 1. The van der Waals surface area contributed by atoms with Crippen molar-refractivity contribution in [3.63, 3.8) is 0 Å². The van der Waals surface area contributed by atoms with Crippen molar-refractivity contribution in [2.75, 3.05) is 13.2 Å². The summed E-state index contributed by atoms with van der Waals surface area (Å²) in [5.74, 6) is -0.241. The zero-order chi connectivity index (χ0) is 14.4. The van der Waals surface area contributed by atoms with E-state index in [2.05, 4.69) is 10.6 Å². The van der Waals surface area contributed by atoms with Crippen LogP contribution in [-0.2, 0) is 9.59 Å². The molecular weight excluding hydrogens is 258 g/mol. The zero-order valence-electron chi connectivity index (χ0n) is 10.9. The van der Waals surface area contributed by atoms with E-state index in [-0.39, 0.29) is 25.1 Å². The first kappa shape index (κ1) is 13.9. The van der Waals surface area contributed by atoms with Gasteiger partial charge in [0.15, 0.2) is 6.61 Å². The van der Waals surface area contributed by atoms with Crippen molar-refractivity contribution < 1.29 is 14.3 Å². The van der Waals surface area contributed by atoms with Crippen LogP contribution in [0.5, 0.6) is 5.75 Å². The van der Waals surface area contributed by atoms with Gasteiger partial charge >= 0.3 is 0 Å². The van der Waals surface area contributed by atoms with Gasteiger partial charge in [-0.3, -0.25) is 9.59 Å². The molecule has 6 nitrogen and oxygen atoms in total. The van der Waals surface area contributed by atoms with E-state index >= 15 is 0 Å². The number of carbonyl (C=O) groups excluding carboxylic acids is 2. The Hall–Kier alpha value is -2.55. The van der Waals surface area contributed by atoms with E-state index in [1.165, 1.54) is 0 Å². The van der Waals surface area contributed by atoms with E-state index in [9.17, 15) is 9.59 Å². The van der Waals surface area contributed by atoms with Gasteiger partial charge in [-0.15, -0.1) is 0 Å². The van der Waals surface area contributed by atoms with Gasteiger partial charge in [-0.1, -0.05) is 12.1 Å². The molecule has 0 aliphatic heterocycles. The molecule has 20 heavy (non-hydrogen) atoms. The zero-order valence-corrected chi connectivity index (χ0v) is 10.9. The fourth-order valence-electron chi connectivity index (χ4n) is 1.56. The van der Waals surface area contributed by atoms with E-state index in [0.717, 1.165) is 12.8 Å². The van der Waals surface area contributed by atoms with Crippen molar-refractivity contribution in [3.8, 4) is 11.8 Å². The first-order valence-electron chi connectivity index (χ1n) is 6.37. The van der Waals surface area contributed by atoms with E-state index in [4.69, 9.17) is 10.00 Å². The normalized spacial score (nSPS) is 13.2. The van der Waals surface area contributed by atoms with Crippen molar-refractivity contribution in [1.29, 1.82) is 5.26 Å². The third-order valence-electron chi connectivity index (χ3n) is 2.75. The Kier molecular flexibility index (Phi) is 4.56. The van der Waals surface area contributed by atoms with Gasteiger partial charge in [0.25, 0.3) is 5.91 Å². The Balaban J connectivity index is 1.71. The SMILES string of the molecule is N#Cc1ccccc1OCC(=O)NCC(=O)NC1CC1. The highest BCUT2D eigenvalue weighted by molar-refractivity contribution is 5.85. The number of benzene rings is 1. The van der Waals surface area contributed by atoms with Gasteiger partial charge in [0.2, 0.25) is 5.91 Å². The van der Waals surface area contributed by atoms with Gasteiger partial charge in [0.1, 0.15) is 11.8 Å². The van der Waals surface area contributed by atoms with Crippen molar-refractivity contribution in [2.45, 2.75) is 18.9 Å². The van der Waals surface area contributed by atoms with Gasteiger partial charge in [0, 0.05) is 6.04 Å². The maximum absolute atomic E-state index is 11.5. The van der Waals surface area contributed by atoms with E-state index in [0.29, 0.717) is 11.3 Å². The molecule has 0 bridgehead atoms. The molecule has 0 radical (unpaired) electrons. The minimum absolute atomic E-state index is 0.0570. The van der Waals surface area contributed by atoms with Gasteiger partial charge < -0.3 is 15.4 Å². The van der Waals surface area contributed by atoms with E-state index in [1.807, 2.05) is 6.07 Å². The van der Waals surface area contributed by atoms with Crippen LogP contribution in [0.2, 0.25) is 0 Å². The van der Waals surface area contributed by atoms with Crippen molar-refractivity contribution in [2.24, 2.45) is 0 Å². The summed E-state index contributed by atoms with van der Waals surface area (Å²) < 4.78 is 5.25. The molecule has 1 saturated carbocycles. The van der Waals surface area contributed by atoms with Crippen LogP contribution in [0.15, 0.2) is 24.3 Å². The molecule has 6 heteroatoms. The largest absolute Gasteiger partial charge is 0.482 e. The number of para-hydroxylation sites is 1. The van der Waals surface area contributed by atoms with Crippen LogP contribution < -0.4 is 15.4 Å². The lowest BCUT2D eigenvalue weighted by Crippen LogP contribution is -2.39. The molecule has 0 aromatic heterocycles. The number of nitriles is 1. The molecule has 1 fully saturated rings. The lowest BCUT2D eigenvalue weighted by atomic mass is 10.2. The van der Waals surface area contributed by atoms with Crippen LogP contribution in [0, 0.1) is 11.3 Å². The highest BCUT2D eigenvalue weighted by Crippen LogP contribution is 2.18. The molecule has 2 N–H and O–H groups in total. The molecule has 1 aliphatic rings. The number of rotatable bonds is 6. The van der Waals surface area contributed by atoms with Crippen molar-refractivity contribution in [3.05, 3.63) is 29.8 Å². The maximum Gasteiger partial charge on any atom is 0.258 e. The van der Waals surface area contributed by atoms with Crippen molar-refractivity contribution >= 4 is 11.8 Å². The summed E-state index contributed by atoms with van der Waals surface area (Å²) in [6.45, 7) is -0.284. The quantitative estimate of drug-likeness (QED) is 0.781. The Labute approximate surface area is 116 Å². The van der Waals surface area contributed by atoms with Crippen LogP contribution in [0.25, 0.3) is 0 Å². The predicted octanol–water partition coefficient (Wildman–Crippen LogP) is 0.332. The summed E-state index contributed by atoms with van der Waals surface area (Å²) in [5.41, 5.74) is 0.367. The highest BCUT2D eigenvalue weighted by atomic mass is 16.5. The summed E-state index contributed by atoms with van der Waals surface area (Å²) >= 11 is 0. The summed E-state index contributed by atoms with van der Waals surface area (Å²) in [6.07, 6.45) is 2.02. The fourth-order valence-corrected chi connectivity index (χ4v) is 1.56. The van der Waals surface area contributed by atoms with E-state index in [1.54, 1.807) is 24.3 Å². The summed E-state index contributed by atoms with van der Waals surface area (Å²) in [6, 6.07) is 8.91. The monoisotopic (exact) mass is 273 g/mol. The first-order chi connectivity index (χ1) is 9.69. The minimum atomic E-state index is -0.399. The lowest BCUT2D eigenvalue weighted by Gasteiger charge is -2.08. The van der Waals surface area contributed by atoms with Crippen LogP contribution in [0.4, 0.5) is 0 Å². The standard InChI is InChI=1S/C14H15N3O3/c15-7-10-3-1-2-4-12(10)20-9-14(19)16-8-13(18)17-11-5-6-11/h1-4,11H,5-6,8-9H2,(H,16,19)(H,17,18). The number of amides is 2. The van der Waals surface area contributed by atoms with Crippen molar-refractivity contribution in [1.82, 2.24) is 10.6 Å². The molecule has 1 aromatic carbocycles. The Morgan fingerprint density at radius 2 is 2.05 bits per heavy atom. The summed E-state index contributed by atoms with van der Waals surface area (Å²) in [5, 5.41) is 14.1. The maximum atomic E-state index is 11.5. The Morgan fingerprint density at radius 3 is 2.75 bits per heavy atom. The third kappa shape index (κ3) is 4.28. The molecule has 1 aromatic rings. The summed E-state index contributed by atoms with van der Waals surface area (Å²) in [7, 11) is 0. The number of hydrogen-bond donors (Lipinski definition) is 2. The van der Waals surface area contributed by atoms with Gasteiger partial charge in [-0.2, -0.15) is 5.26 Å². The molecule has 104 valence electrons. The fraction of sp³-hybridized carbons (Fsp3) is 0.357. The minimum Gasteiger partial charge on any atom is -0.482 e. The van der Waals surface area contributed by atoms with E-state index < -0.39 is 5.91 Å². The Morgan fingerprint density at radius 1 is 1.30 bits per heavy atom. The van der Waals surface area contributed by atoms with Crippen LogP contribution in [0.1, 0.15) is 18.4 Å². The second kappa shape index (κ2) is 6.57. The number of nitrogens with one attached hydrogen (secondary N) is 2. The number of ether oxygens (including phenoxy) is 1. The molecule has 0 saturated heterocycles. The molecule has 0 spiro atoms. The third-order valence-corrected chi connectivity index (χ3v) is 2.75. The second-order valence-electron chi connectivity index (χ2n) is 4.52. The number of hydrogen-bond acceptors (Lipinski definition) is 4. The molecule has 1 aliphatic carbocycles. The highest BCUT2D eigenvalue weighted by Gasteiger charge is 2.23. The summed E-state index contributed by atoms with van der Waals surface area (Å²) in [4.78, 5) is 22.9. The van der Waals surface area contributed by atoms with Gasteiger partial charge in [0.05, 0.1) is 12.1 Å². The van der Waals surface area contributed by atoms with Crippen LogP contribution in [0.3, 0.4) is 0 Å². The molecular formula is C14H15N3O3. The Bertz CT molecular complexity index is 547. The molecule has 0 atom stereocenters. The predicted molar refractivity (Wildman–Crippen MR) is 70.8 cm³/mol. The van der Waals surface area contributed by atoms with Gasteiger partial charge in [-0.05, 0) is 25.0 Å². The smallest absolute Gasteiger partial charge is 0.258 e. The van der Waals surface area contributed by atoms with Crippen LogP contribution >= 0.6 is 0 Å². The average molecular weight is 273 g/mol. The number of carbonyl (C=O) groups is 2. The topological polar surface area (TPSA) is 91.2 Å². The lowest BCUT2D eigenvalue weighted by molar-refractivity contribution is -0.127. The first-order valence-corrected chi connectivity index (χ1v) is 6.37. The molecule has 2 amide bonds.